The number of likely N-dealkylation sites (tertiary alicyclic amines) is 1. The van der Waals surface area contributed by atoms with Gasteiger partial charge in [-0.1, -0.05) is 30.3 Å². The van der Waals surface area contributed by atoms with Gasteiger partial charge in [0.1, 0.15) is 0 Å². The second kappa shape index (κ2) is 7.80. The number of ether oxygens (including phenoxy) is 1. The van der Waals surface area contributed by atoms with E-state index in [0.717, 1.165) is 43.7 Å². The van der Waals surface area contributed by atoms with Crippen molar-refractivity contribution in [1.29, 1.82) is 0 Å². The Morgan fingerprint density at radius 3 is 2.64 bits per heavy atom. The van der Waals surface area contributed by atoms with Crippen molar-refractivity contribution in [2.24, 2.45) is 13.0 Å². The highest BCUT2D eigenvalue weighted by atomic mass is 16.5. The maximum atomic E-state index is 11.5. The second-order valence-corrected chi connectivity index (χ2v) is 6.62. The molecule has 1 N–H and O–H groups in total. The lowest BCUT2D eigenvalue weighted by Gasteiger charge is -2.33. The zero-order valence-corrected chi connectivity index (χ0v) is 14.8. The van der Waals surface area contributed by atoms with E-state index in [2.05, 4.69) is 33.1 Å². The zero-order chi connectivity index (χ0) is 17.8. The molecular weight excluding hydrogens is 318 g/mol. The number of nitrogens with zero attached hydrogens (tertiary/aromatic N) is 3. The van der Waals surface area contributed by atoms with E-state index in [1.54, 1.807) is 0 Å². The topological polar surface area (TPSA) is 67.6 Å². The van der Waals surface area contributed by atoms with E-state index in [9.17, 15) is 9.90 Å². The number of carbonyl (C=O) groups excluding carboxylic acids is 1. The van der Waals surface area contributed by atoms with Crippen molar-refractivity contribution in [1.82, 2.24) is 14.7 Å². The van der Waals surface area contributed by atoms with Crippen LogP contribution in [0.5, 0.6) is 0 Å². The number of aromatic nitrogens is 2. The SMILES string of the molecule is COC(=O)[C@@H](O)C1CCN(Cc2cn(C)nc2-c2ccccc2)CC1. The lowest BCUT2D eigenvalue weighted by Crippen LogP contribution is -2.40. The van der Waals surface area contributed by atoms with Crippen molar-refractivity contribution in [2.75, 3.05) is 20.2 Å². The molecule has 1 aliphatic heterocycles. The molecule has 1 aliphatic rings. The van der Waals surface area contributed by atoms with E-state index < -0.39 is 12.1 Å². The normalized spacial score (nSPS) is 17.4. The summed E-state index contributed by atoms with van der Waals surface area (Å²) in [4.78, 5) is 13.8. The van der Waals surface area contributed by atoms with E-state index in [-0.39, 0.29) is 5.92 Å². The summed E-state index contributed by atoms with van der Waals surface area (Å²) in [6, 6.07) is 10.2. The summed E-state index contributed by atoms with van der Waals surface area (Å²) in [7, 11) is 3.25. The van der Waals surface area contributed by atoms with E-state index in [0.29, 0.717) is 0 Å². The Labute approximate surface area is 148 Å². The van der Waals surface area contributed by atoms with E-state index >= 15 is 0 Å². The van der Waals surface area contributed by atoms with Gasteiger partial charge in [-0.05, 0) is 31.8 Å². The predicted molar refractivity (Wildman–Crippen MR) is 94.7 cm³/mol. The first kappa shape index (κ1) is 17.6. The van der Waals surface area contributed by atoms with Crippen LogP contribution < -0.4 is 0 Å². The summed E-state index contributed by atoms with van der Waals surface area (Å²) in [5, 5.41) is 14.6. The molecule has 2 heterocycles. The van der Waals surface area contributed by atoms with Gasteiger partial charge in [0, 0.05) is 30.9 Å². The molecule has 1 aromatic heterocycles. The lowest BCUT2D eigenvalue weighted by molar-refractivity contribution is -0.154. The number of benzene rings is 1. The quantitative estimate of drug-likeness (QED) is 0.839. The molecule has 6 nitrogen and oxygen atoms in total. The molecule has 0 spiro atoms. The molecule has 0 radical (unpaired) electrons. The van der Waals surface area contributed by atoms with Crippen molar-refractivity contribution >= 4 is 5.97 Å². The Morgan fingerprint density at radius 2 is 2.00 bits per heavy atom. The summed E-state index contributed by atoms with van der Waals surface area (Å²) < 4.78 is 6.49. The van der Waals surface area contributed by atoms with Crippen LogP contribution in [0.1, 0.15) is 18.4 Å². The van der Waals surface area contributed by atoms with Crippen LogP contribution in [-0.4, -0.2) is 52.1 Å². The number of esters is 1. The van der Waals surface area contributed by atoms with Crippen molar-refractivity contribution in [3.05, 3.63) is 42.1 Å². The maximum absolute atomic E-state index is 11.5. The molecule has 2 aromatic rings. The van der Waals surface area contributed by atoms with Crippen LogP contribution in [0.25, 0.3) is 11.3 Å². The maximum Gasteiger partial charge on any atom is 0.334 e. The standard InChI is InChI=1S/C19H25N3O3/c1-21-12-16(17(20-21)14-6-4-3-5-7-14)13-22-10-8-15(9-11-22)18(23)19(24)25-2/h3-7,12,15,18,23H,8-11,13H2,1-2H3/t18-/m0/s1. The van der Waals surface area contributed by atoms with Crippen molar-refractivity contribution in [3.63, 3.8) is 0 Å². The Balaban J connectivity index is 1.64. The first-order valence-electron chi connectivity index (χ1n) is 8.64. The first-order valence-corrected chi connectivity index (χ1v) is 8.64. The van der Waals surface area contributed by atoms with Crippen LogP contribution in [0, 0.1) is 5.92 Å². The number of piperidine rings is 1. The molecule has 3 rings (SSSR count). The average Bonchev–Trinajstić information content (AvgIpc) is 3.02. The van der Waals surface area contributed by atoms with Gasteiger partial charge in [-0.25, -0.2) is 4.79 Å². The summed E-state index contributed by atoms with van der Waals surface area (Å²) in [6.07, 6.45) is 2.64. The van der Waals surface area contributed by atoms with Gasteiger partial charge >= 0.3 is 5.97 Å². The van der Waals surface area contributed by atoms with Crippen LogP contribution >= 0.6 is 0 Å². The van der Waals surface area contributed by atoms with Crippen molar-refractivity contribution in [2.45, 2.75) is 25.5 Å². The van der Waals surface area contributed by atoms with Crippen LogP contribution in [-0.2, 0) is 23.1 Å². The largest absolute Gasteiger partial charge is 0.467 e. The van der Waals surface area contributed by atoms with Gasteiger partial charge in [0.25, 0.3) is 0 Å². The predicted octanol–water partition coefficient (Wildman–Crippen LogP) is 1.83. The highest BCUT2D eigenvalue weighted by molar-refractivity contribution is 5.74. The third-order valence-corrected chi connectivity index (χ3v) is 4.87. The molecular formula is C19H25N3O3. The molecule has 0 saturated carbocycles. The van der Waals surface area contributed by atoms with Crippen LogP contribution in [0.15, 0.2) is 36.5 Å². The number of hydrogen-bond donors (Lipinski definition) is 1. The first-order chi connectivity index (χ1) is 12.1. The minimum Gasteiger partial charge on any atom is -0.467 e. The van der Waals surface area contributed by atoms with Gasteiger partial charge in [-0.2, -0.15) is 5.10 Å². The Morgan fingerprint density at radius 1 is 1.32 bits per heavy atom. The molecule has 134 valence electrons. The highest BCUT2D eigenvalue weighted by Crippen LogP contribution is 2.26. The summed E-state index contributed by atoms with van der Waals surface area (Å²) >= 11 is 0. The van der Waals surface area contributed by atoms with E-state index in [1.165, 1.54) is 12.7 Å². The minimum absolute atomic E-state index is 0.0220. The van der Waals surface area contributed by atoms with Gasteiger partial charge in [0.05, 0.1) is 12.8 Å². The van der Waals surface area contributed by atoms with Crippen LogP contribution in [0.3, 0.4) is 0 Å². The molecule has 6 heteroatoms. The number of rotatable bonds is 5. The monoisotopic (exact) mass is 343 g/mol. The lowest BCUT2D eigenvalue weighted by atomic mass is 9.91. The number of aryl methyl sites for hydroxylation is 1. The second-order valence-electron chi connectivity index (χ2n) is 6.62. The number of carbonyl (C=O) groups is 1. The molecule has 1 fully saturated rings. The summed E-state index contributed by atoms with van der Waals surface area (Å²) in [5.41, 5.74) is 3.33. The summed E-state index contributed by atoms with van der Waals surface area (Å²) in [5.74, 6) is -0.553. The molecule has 0 aliphatic carbocycles. The van der Waals surface area contributed by atoms with Gasteiger partial charge < -0.3 is 9.84 Å². The van der Waals surface area contributed by atoms with Crippen LogP contribution in [0.2, 0.25) is 0 Å². The number of hydrogen-bond acceptors (Lipinski definition) is 5. The summed E-state index contributed by atoms with van der Waals surface area (Å²) in [6.45, 7) is 2.52. The van der Waals surface area contributed by atoms with E-state index in [4.69, 9.17) is 0 Å². The number of methoxy groups -OCH3 is 1. The molecule has 0 amide bonds. The van der Waals surface area contributed by atoms with Gasteiger partial charge in [-0.15, -0.1) is 0 Å². The zero-order valence-electron chi connectivity index (χ0n) is 14.8. The van der Waals surface area contributed by atoms with Crippen molar-refractivity contribution in [3.8, 4) is 11.3 Å². The van der Waals surface area contributed by atoms with Gasteiger partial charge in [-0.3, -0.25) is 9.58 Å². The number of aliphatic hydroxyl groups is 1. The van der Waals surface area contributed by atoms with E-state index in [1.807, 2.05) is 29.9 Å². The molecule has 1 saturated heterocycles. The fraction of sp³-hybridized carbons (Fsp3) is 0.474. The fourth-order valence-corrected chi connectivity index (χ4v) is 3.47. The third kappa shape index (κ3) is 4.08. The third-order valence-electron chi connectivity index (χ3n) is 4.87. The molecule has 1 aromatic carbocycles. The smallest absolute Gasteiger partial charge is 0.334 e. The Kier molecular flexibility index (Phi) is 5.50. The molecule has 1 atom stereocenters. The highest BCUT2D eigenvalue weighted by Gasteiger charge is 2.30. The molecule has 0 bridgehead atoms. The Hall–Kier alpha value is -2.18. The van der Waals surface area contributed by atoms with Crippen LogP contribution in [0.4, 0.5) is 0 Å². The fourth-order valence-electron chi connectivity index (χ4n) is 3.47. The Bertz CT molecular complexity index is 706. The molecule has 0 unspecified atom stereocenters. The minimum atomic E-state index is -1.01. The number of aliphatic hydroxyl groups excluding tert-OH is 1. The average molecular weight is 343 g/mol. The van der Waals surface area contributed by atoms with Gasteiger partial charge in [0.15, 0.2) is 6.10 Å². The van der Waals surface area contributed by atoms with Crippen molar-refractivity contribution < 1.29 is 14.6 Å². The molecule has 25 heavy (non-hydrogen) atoms. The van der Waals surface area contributed by atoms with Gasteiger partial charge in [0.2, 0.25) is 0 Å².